The predicted molar refractivity (Wildman–Crippen MR) is 55.6 cm³/mol. The Kier molecular flexibility index (Phi) is 4.74. The van der Waals surface area contributed by atoms with Crippen LogP contribution in [-0.2, 0) is 0 Å². The van der Waals surface area contributed by atoms with Gasteiger partial charge in [0.2, 0.25) is 0 Å². The van der Waals surface area contributed by atoms with Crippen molar-refractivity contribution >= 4 is 0 Å². The Morgan fingerprint density at radius 2 is 1.38 bits per heavy atom. The highest BCUT2D eigenvalue weighted by molar-refractivity contribution is 4.84. The van der Waals surface area contributed by atoms with Gasteiger partial charge in [-0.05, 0) is 19.3 Å². The number of hydrogen-bond donors (Lipinski definition) is 2. The minimum atomic E-state index is -0.0565. The summed E-state index contributed by atoms with van der Waals surface area (Å²) in [6.07, 6.45) is 10.9. The van der Waals surface area contributed by atoms with Crippen molar-refractivity contribution in [1.82, 2.24) is 0 Å². The first-order valence-electron chi connectivity index (χ1n) is 5.67. The maximum atomic E-state index is 8.94. The molecular weight excluding hydrogens is 162 g/mol. The van der Waals surface area contributed by atoms with Crippen molar-refractivity contribution in [3.05, 3.63) is 0 Å². The topological polar surface area (TPSA) is 46.2 Å². The van der Waals surface area contributed by atoms with Crippen LogP contribution in [0.1, 0.15) is 57.8 Å². The smallest absolute Gasteiger partial charge is 0.0448 e. The molecule has 0 aromatic rings. The third-order valence-corrected chi connectivity index (χ3v) is 3.21. The Balaban J connectivity index is 2.39. The third-order valence-electron chi connectivity index (χ3n) is 3.21. The van der Waals surface area contributed by atoms with E-state index in [0.29, 0.717) is 0 Å². The van der Waals surface area contributed by atoms with E-state index in [0.717, 1.165) is 19.3 Å². The molecule has 3 N–H and O–H groups in total. The van der Waals surface area contributed by atoms with Gasteiger partial charge in [0.1, 0.15) is 0 Å². The zero-order valence-electron chi connectivity index (χ0n) is 8.60. The van der Waals surface area contributed by atoms with Gasteiger partial charge < -0.3 is 10.8 Å². The van der Waals surface area contributed by atoms with Crippen molar-refractivity contribution < 1.29 is 5.11 Å². The highest BCUT2D eigenvalue weighted by Gasteiger charge is 2.23. The van der Waals surface area contributed by atoms with Crippen LogP contribution >= 0.6 is 0 Å². The second-order valence-electron chi connectivity index (χ2n) is 4.46. The van der Waals surface area contributed by atoms with E-state index >= 15 is 0 Å². The number of rotatable bonds is 2. The highest BCUT2D eigenvalue weighted by Crippen LogP contribution is 2.25. The van der Waals surface area contributed by atoms with Crippen LogP contribution in [0.2, 0.25) is 0 Å². The van der Waals surface area contributed by atoms with Crippen LogP contribution in [0.3, 0.4) is 0 Å². The van der Waals surface area contributed by atoms with Gasteiger partial charge in [0.25, 0.3) is 0 Å². The van der Waals surface area contributed by atoms with E-state index in [4.69, 9.17) is 10.8 Å². The summed E-state index contributed by atoms with van der Waals surface area (Å²) in [5.41, 5.74) is 6.19. The van der Waals surface area contributed by atoms with E-state index in [9.17, 15) is 0 Å². The second-order valence-corrected chi connectivity index (χ2v) is 4.46. The Morgan fingerprint density at radius 3 is 1.85 bits per heavy atom. The van der Waals surface area contributed by atoms with Crippen LogP contribution in [0, 0.1) is 0 Å². The molecule has 78 valence electrons. The largest absolute Gasteiger partial charge is 0.396 e. The van der Waals surface area contributed by atoms with Crippen LogP contribution in [0.25, 0.3) is 0 Å². The lowest BCUT2D eigenvalue weighted by Crippen LogP contribution is -2.40. The molecule has 0 aromatic heterocycles. The Hall–Kier alpha value is -0.0800. The van der Waals surface area contributed by atoms with E-state index in [2.05, 4.69) is 0 Å². The van der Waals surface area contributed by atoms with Crippen LogP contribution in [0.5, 0.6) is 0 Å². The van der Waals surface area contributed by atoms with Gasteiger partial charge in [-0.2, -0.15) is 0 Å². The van der Waals surface area contributed by atoms with Gasteiger partial charge in [-0.25, -0.2) is 0 Å². The lowest BCUT2D eigenvalue weighted by molar-refractivity contribution is 0.219. The van der Waals surface area contributed by atoms with Crippen LogP contribution in [0.15, 0.2) is 0 Å². The molecule has 0 amide bonds. The van der Waals surface area contributed by atoms with Crippen molar-refractivity contribution in [2.45, 2.75) is 63.3 Å². The molecule has 0 radical (unpaired) electrons. The third kappa shape index (κ3) is 4.10. The molecule has 0 saturated heterocycles. The summed E-state index contributed by atoms with van der Waals surface area (Å²) in [5, 5.41) is 8.94. The minimum absolute atomic E-state index is 0.0565. The molecule has 2 heteroatoms. The summed E-state index contributed by atoms with van der Waals surface area (Å²) < 4.78 is 0. The number of hydrogen-bond acceptors (Lipinski definition) is 2. The fourth-order valence-corrected chi connectivity index (χ4v) is 2.26. The van der Waals surface area contributed by atoms with Gasteiger partial charge in [-0.1, -0.05) is 38.5 Å². The van der Waals surface area contributed by atoms with Crippen molar-refractivity contribution in [3.63, 3.8) is 0 Å². The van der Waals surface area contributed by atoms with E-state index in [-0.39, 0.29) is 12.1 Å². The molecule has 0 spiro atoms. The molecule has 2 nitrogen and oxygen atoms in total. The van der Waals surface area contributed by atoms with E-state index in [1.165, 1.54) is 38.5 Å². The molecule has 0 aromatic carbocycles. The Morgan fingerprint density at radius 1 is 0.923 bits per heavy atom. The summed E-state index contributed by atoms with van der Waals surface area (Å²) >= 11 is 0. The summed E-state index contributed by atoms with van der Waals surface area (Å²) in [6.45, 7) is 0.247. The van der Waals surface area contributed by atoms with E-state index in [1.54, 1.807) is 0 Å². The summed E-state index contributed by atoms with van der Waals surface area (Å²) in [7, 11) is 0. The SMILES string of the molecule is NC1(CCO)CCCCCCCC1. The summed E-state index contributed by atoms with van der Waals surface area (Å²) in [6, 6.07) is 0. The molecule has 1 aliphatic rings. The molecule has 1 saturated carbocycles. The predicted octanol–water partition coefficient (Wildman–Crippen LogP) is 2.20. The van der Waals surface area contributed by atoms with Crippen molar-refractivity contribution in [1.29, 1.82) is 0 Å². The molecule has 13 heavy (non-hydrogen) atoms. The summed E-state index contributed by atoms with van der Waals surface area (Å²) in [5.74, 6) is 0. The number of aliphatic hydroxyl groups excluding tert-OH is 1. The molecular formula is C11H23NO. The van der Waals surface area contributed by atoms with Crippen molar-refractivity contribution in [2.24, 2.45) is 5.73 Å². The molecule has 0 unspecified atom stereocenters. The lowest BCUT2D eigenvalue weighted by Gasteiger charge is -2.28. The highest BCUT2D eigenvalue weighted by atomic mass is 16.3. The maximum Gasteiger partial charge on any atom is 0.0448 e. The quantitative estimate of drug-likeness (QED) is 0.693. The first-order valence-corrected chi connectivity index (χ1v) is 5.67. The number of aliphatic hydroxyl groups is 1. The molecule has 0 heterocycles. The van der Waals surface area contributed by atoms with Gasteiger partial charge in [0, 0.05) is 12.1 Å². The molecule has 0 aliphatic heterocycles. The number of nitrogens with two attached hydrogens (primary N) is 1. The van der Waals surface area contributed by atoms with Crippen LogP contribution < -0.4 is 5.73 Å². The zero-order valence-corrected chi connectivity index (χ0v) is 8.60. The van der Waals surface area contributed by atoms with Gasteiger partial charge in [0.05, 0.1) is 0 Å². The van der Waals surface area contributed by atoms with E-state index in [1.807, 2.05) is 0 Å². The molecule has 0 bridgehead atoms. The van der Waals surface area contributed by atoms with Gasteiger partial charge in [-0.15, -0.1) is 0 Å². The van der Waals surface area contributed by atoms with E-state index < -0.39 is 0 Å². The standard InChI is InChI=1S/C11H23NO/c12-11(9-10-13)7-5-3-1-2-4-6-8-11/h13H,1-10,12H2. The minimum Gasteiger partial charge on any atom is -0.396 e. The average molecular weight is 185 g/mol. The van der Waals surface area contributed by atoms with Crippen molar-refractivity contribution in [3.8, 4) is 0 Å². The molecule has 1 aliphatic carbocycles. The molecule has 1 rings (SSSR count). The Bertz CT molecular complexity index is 126. The fraction of sp³-hybridized carbons (Fsp3) is 1.00. The second kappa shape index (κ2) is 5.61. The zero-order chi connectivity index (χ0) is 9.57. The van der Waals surface area contributed by atoms with Crippen LogP contribution in [-0.4, -0.2) is 17.3 Å². The van der Waals surface area contributed by atoms with Crippen LogP contribution in [0.4, 0.5) is 0 Å². The molecule has 0 atom stereocenters. The normalized spacial score (nSPS) is 24.5. The fourth-order valence-electron chi connectivity index (χ4n) is 2.26. The average Bonchev–Trinajstić information content (AvgIpc) is 2.18. The van der Waals surface area contributed by atoms with Crippen molar-refractivity contribution in [2.75, 3.05) is 6.61 Å². The van der Waals surface area contributed by atoms with Gasteiger partial charge in [0.15, 0.2) is 0 Å². The first-order chi connectivity index (χ1) is 6.27. The van der Waals surface area contributed by atoms with Gasteiger partial charge >= 0.3 is 0 Å². The monoisotopic (exact) mass is 185 g/mol. The summed E-state index contributed by atoms with van der Waals surface area (Å²) in [4.78, 5) is 0. The first kappa shape index (κ1) is 11.0. The molecule has 1 fully saturated rings. The lowest BCUT2D eigenvalue weighted by atomic mass is 9.86. The van der Waals surface area contributed by atoms with Gasteiger partial charge in [-0.3, -0.25) is 0 Å². The maximum absolute atomic E-state index is 8.94. The Labute approximate surface area is 81.5 Å².